The fourth-order valence-electron chi connectivity index (χ4n) is 2.94. The molecular weight excluding hydrogens is 192 g/mol. The van der Waals surface area contributed by atoms with Crippen LogP contribution in [0.4, 0.5) is 0 Å². The highest BCUT2D eigenvalue weighted by Gasteiger charge is 2.47. The second kappa shape index (κ2) is 3.59. The summed E-state index contributed by atoms with van der Waals surface area (Å²) in [5.41, 5.74) is -0.105. The monoisotopic (exact) mass is 210 g/mol. The first kappa shape index (κ1) is 10.6. The molecule has 0 aromatic rings. The van der Waals surface area contributed by atoms with Gasteiger partial charge in [-0.3, -0.25) is 14.9 Å². The van der Waals surface area contributed by atoms with Crippen LogP contribution in [0.2, 0.25) is 0 Å². The lowest BCUT2D eigenvalue weighted by Crippen LogP contribution is -2.56. The maximum atomic E-state index is 11.6. The van der Waals surface area contributed by atoms with Crippen molar-refractivity contribution in [2.24, 2.45) is 11.3 Å². The van der Waals surface area contributed by atoms with Crippen LogP contribution in [-0.2, 0) is 9.59 Å². The van der Waals surface area contributed by atoms with Crippen LogP contribution in [0.5, 0.6) is 0 Å². The Morgan fingerprint density at radius 3 is 2.87 bits per heavy atom. The number of piperidine rings is 2. The van der Waals surface area contributed by atoms with Crippen molar-refractivity contribution in [2.75, 3.05) is 20.1 Å². The van der Waals surface area contributed by atoms with Gasteiger partial charge in [-0.15, -0.1) is 0 Å². The minimum absolute atomic E-state index is 0.0436. The number of imide groups is 1. The minimum atomic E-state index is -0.105. The van der Waals surface area contributed by atoms with Crippen molar-refractivity contribution in [1.29, 1.82) is 0 Å². The van der Waals surface area contributed by atoms with Gasteiger partial charge in [-0.2, -0.15) is 0 Å². The largest absolute Gasteiger partial charge is 0.306 e. The van der Waals surface area contributed by atoms with Crippen molar-refractivity contribution in [2.45, 2.75) is 26.2 Å². The summed E-state index contributed by atoms with van der Waals surface area (Å²) in [7, 11) is 2.06. The lowest BCUT2D eigenvalue weighted by atomic mass is 9.66. The Labute approximate surface area is 90.0 Å². The normalized spacial score (nSPS) is 38.1. The highest BCUT2D eigenvalue weighted by Crippen LogP contribution is 2.42. The van der Waals surface area contributed by atoms with E-state index in [2.05, 4.69) is 17.3 Å². The van der Waals surface area contributed by atoms with Gasteiger partial charge in [0.2, 0.25) is 11.8 Å². The highest BCUT2D eigenvalue weighted by atomic mass is 16.2. The van der Waals surface area contributed by atoms with Crippen molar-refractivity contribution in [3.8, 4) is 0 Å². The molecule has 0 bridgehead atoms. The smallest absolute Gasteiger partial charge is 0.230 e. The number of carbonyl (C=O) groups excluding carboxylic acids is 2. The standard InChI is InChI=1S/C11H18N2O2/c1-8-10(15)12-9(14)6-11(8)4-3-5-13(2)7-11/h8H,3-7H2,1-2H3,(H,12,14,15). The Morgan fingerprint density at radius 1 is 1.47 bits per heavy atom. The lowest BCUT2D eigenvalue weighted by Gasteiger charge is -2.46. The summed E-state index contributed by atoms with van der Waals surface area (Å²) >= 11 is 0. The van der Waals surface area contributed by atoms with E-state index in [0.717, 1.165) is 25.9 Å². The van der Waals surface area contributed by atoms with Crippen molar-refractivity contribution >= 4 is 11.8 Å². The second-order valence-corrected chi connectivity index (χ2v) is 5.01. The van der Waals surface area contributed by atoms with Crippen molar-refractivity contribution in [3.63, 3.8) is 0 Å². The van der Waals surface area contributed by atoms with Crippen LogP contribution >= 0.6 is 0 Å². The Hall–Kier alpha value is -0.900. The van der Waals surface area contributed by atoms with Crippen molar-refractivity contribution in [1.82, 2.24) is 10.2 Å². The number of carbonyl (C=O) groups is 2. The number of hydrogen-bond acceptors (Lipinski definition) is 3. The zero-order valence-corrected chi connectivity index (χ0v) is 9.38. The first-order chi connectivity index (χ1) is 7.03. The summed E-state index contributed by atoms with van der Waals surface area (Å²) in [5, 5.41) is 2.42. The van der Waals surface area contributed by atoms with Crippen LogP contribution in [0, 0.1) is 11.3 Å². The number of nitrogens with zero attached hydrogens (tertiary/aromatic N) is 1. The van der Waals surface area contributed by atoms with Gasteiger partial charge < -0.3 is 4.90 Å². The first-order valence-electron chi connectivity index (χ1n) is 5.56. The SMILES string of the molecule is CC1C(=O)NC(=O)CC12CCCN(C)C2. The molecule has 2 fully saturated rings. The zero-order chi connectivity index (χ0) is 11.1. The topological polar surface area (TPSA) is 49.4 Å². The summed E-state index contributed by atoms with van der Waals surface area (Å²) in [6.45, 7) is 3.89. The molecule has 2 saturated heterocycles. The molecule has 0 aromatic carbocycles. The molecule has 2 aliphatic rings. The first-order valence-corrected chi connectivity index (χ1v) is 5.56. The van der Waals surface area contributed by atoms with E-state index in [9.17, 15) is 9.59 Å². The molecule has 2 aliphatic heterocycles. The molecular formula is C11H18N2O2. The molecule has 1 N–H and O–H groups in total. The maximum absolute atomic E-state index is 11.6. The van der Waals surface area contributed by atoms with Gasteiger partial charge in [0, 0.05) is 24.3 Å². The molecule has 2 unspecified atom stereocenters. The zero-order valence-electron chi connectivity index (χ0n) is 9.38. The van der Waals surface area contributed by atoms with E-state index < -0.39 is 0 Å². The summed E-state index contributed by atoms with van der Waals surface area (Å²) in [6.07, 6.45) is 2.59. The lowest BCUT2D eigenvalue weighted by molar-refractivity contribution is -0.145. The van der Waals surface area contributed by atoms with Gasteiger partial charge in [-0.1, -0.05) is 6.92 Å². The summed E-state index contributed by atoms with van der Waals surface area (Å²) in [6, 6.07) is 0. The summed E-state index contributed by atoms with van der Waals surface area (Å²) in [4.78, 5) is 25.3. The molecule has 4 heteroatoms. The van der Waals surface area contributed by atoms with Gasteiger partial charge in [-0.05, 0) is 26.4 Å². The average Bonchev–Trinajstić information content (AvgIpc) is 2.14. The molecule has 0 radical (unpaired) electrons. The van der Waals surface area contributed by atoms with E-state index in [4.69, 9.17) is 0 Å². The Morgan fingerprint density at radius 2 is 2.20 bits per heavy atom. The Kier molecular flexibility index (Phi) is 2.54. The van der Waals surface area contributed by atoms with Crippen molar-refractivity contribution in [3.05, 3.63) is 0 Å². The summed E-state index contributed by atoms with van der Waals surface area (Å²) < 4.78 is 0. The number of likely N-dealkylation sites (tertiary alicyclic amines) is 1. The highest BCUT2D eigenvalue weighted by molar-refractivity contribution is 5.99. The number of nitrogens with one attached hydrogen (secondary N) is 1. The second-order valence-electron chi connectivity index (χ2n) is 5.01. The number of rotatable bonds is 0. The van der Waals surface area contributed by atoms with Gasteiger partial charge in [0.15, 0.2) is 0 Å². The van der Waals surface area contributed by atoms with E-state index in [-0.39, 0.29) is 23.1 Å². The van der Waals surface area contributed by atoms with E-state index in [1.54, 1.807) is 0 Å². The fraction of sp³-hybridized carbons (Fsp3) is 0.818. The van der Waals surface area contributed by atoms with Crippen molar-refractivity contribution < 1.29 is 9.59 Å². The van der Waals surface area contributed by atoms with Crippen LogP contribution in [-0.4, -0.2) is 36.9 Å². The number of amides is 2. The molecule has 2 heterocycles. The predicted molar refractivity (Wildman–Crippen MR) is 56.1 cm³/mol. The third-order valence-corrected chi connectivity index (χ3v) is 3.89. The van der Waals surface area contributed by atoms with Gasteiger partial charge in [0.05, 0.1) is 0 Å². The molecule has 15 heavy (non-hydrogen) atoms. The van der Waals surface area contributed by atoms with Gasteiger partial charge >= 0.3 is 0 Å². The quantitative estimate of drug-likeness (QED) is 0.588. The van der Waals surface area contributed by atoms with Gasteiger partial charge in [0.1, 0.15) is 0 Å². The van der Waals surface area contributed by atoms with E-state index in [1.165, 1.54) is 0 Å². The molecule has 4 nitrogen and oxygen atoms in total. The molecule has 0 saturated carbocycles. The van der Waals surface area contributed by atoms with E-state index >= 15 is 0 Å². The van der Waals surface area contributed by atoms with Gasteiger partial charge in [-0.25, -0.2) is 0 Å². The van der Waals surface area contributed by atoms with E-state index in [1.807, 2.05) is 6.92 Å². The minimum Gasteiger partial charge on any atom is -0.306 e. The Balaban J connectivity index is 2.23. The molecule has 2 amide bonds. The molecule has 0 aromatic heterocycles. The molecule has 2 rings (SSSR count). The van der Waals surface area contributed by atoms with Crippen LogP contribution in [0.3, 0.4) is 0 Å². The molecule has 1 spiro atoms. The molecule has 2 atom stereocenters. The van der Waals surface area contributed by atoms with Crippen LogP contribution in [0.25, 0.3) is 0 Å². The van der Waals surface area contributed by atoms with Crippen LogP contribution in [0.15, 0.2) is 0 Å². The molecule has 0 aliphatic carbocycles. The maximum Gasteiger partial charge on any atom is 0.230 e. The van der Waals surface area contributed by atoms with Gasteiger partial charge in [0.25, 0.3) is 0 Å². The predicted octanol–water partition coefficient (Wildman–Crippen LogP) is 0.381. The van der Waals surface area contributed by atoms with E-state index in [0.29, 0.717) is 6.42 Å². The summed E-state index contributed by atoms with van der Waals surface area (Å²) in [5.74, 6) is -0.243. The average molecular weight is 210 g/mol. The number of hydrogen-bond donors (Lipinski definition) is 1. The van der Waals surface area contributed by atoms with Crippen LogP contribution < -0.4 is 5.32 Å². The third-order valence-electron chi connectivity index (χ3n) is 3.89. The fourth-order valence-corrected chi connectivity index (χ4v) is 2.94. The third kappa shape index (κ3) is 1.78. The molecule has 84 valence electrons. The Bertz CT molecular complexity index is 303. The van der Waals surface area contributed by atoms with Crippen LogP contribution in [0.1, 0.15) is 26.2 Å².